The van der Waals surface area contributed by atoms with Crippen LogP contribution in [0.2, 0.25) is 10.0 Å². The van der Waals surface area contributed by atoms with Crippen molar-refractivity contribution in [2.24, 2.45) is 4.99 Å². The van der Waals surface area contributed by atoms with Gasteiger partial charge in [-0.15, -0.1) is 0 Å². The average molecular weight is 489 g/mol. The molecule has 1 heterocycles. The number of halogens is 2. The highest BCUT2D eigenvalue weighted by molar-refractivity contribution is 6.37. The van der Waals surface area contributed by atoms with Gasteiger partial charge in [-0.25, -0.2) is 4.99 Å². The van der Waals surface area contributed by atoms with Crippen molar-refractivity contribution in [1.82, 2.24) is 10.6 Å². The van der Waals surface area contributed by atoms with E-state index >= 15 is 0 Å². The van der Waals surface area contributed by atoms with Crippen molar-refractivity contribution in [2.45, 2.75) is 13.0 Å². The second-order valence-electron chi connectivity index (χ2n) is 7.53. The van der Waals surface area contributed by atoms with Gasteiger partial charge in [-0.2, -0.15) is 5.26 Å². The van der Waals surface area contributed by atoms with E-state index in [1.807, 2.05) is 43.3 Å². The Labute approximate surface area is 206 Å². The molecule has 6 nitrogen and oxygen atoms in total. The van der Waals surface area contributed by atoms with Gasteiger partial charge in [0.05, 0.1) is 22.3 Å². The number of hydrogen-bond donors (Lipinski definition) is 2. The van der Waals surface area contributed by atoms with Crippen LogP contribution in [0.1, 0.15) is 40.0 Å². The summed E-state index contributed by atoms with van der Waals surface area (Å²) in [6.45, 7) is 1.83. The zero-order valence-electron chi connectivity index (χ0n) is 18.0. The molecule has 0 aromatic heterocycles. The molecule has 3 aromatic carbocycles. The normalized spacial score (nSPS) is 14.4. The average Bonchev–Trinajstić information content (AvgIpc) is 3.18. The molecule has 0 bridgehead atoms. The molecule has 1 aliphatic rings. The Balaban J connectivity index is 1.67. The van der Waals surface area contributed by atoms with Crippen molar-refractivity contribution in [3.63, 3.8) is 0 Å². The van der Waals surface area contributed by atoms with Gasteiger partial charge in [0, 0.05) is 16.1 Å². The Morgan fingerprint density at radius 2 is 1.65 bits per heavy atom. The van der Waals surface area contributed by atoms with Gasteiger partial charge < -0.3 is 10.6 Å². The number of hydrogen-bond acceptors (Lipinski definition) is 4. The van der Waals surface area contributed by atoms with Gasteiger partial charge in [-0.05, 0) is 30.7 Å². The summed E-state index contributed by atoms with van der Waals surface area (Å²) in [7, 11) is 0. The maximum atomic E-state index is 13.0. The number of fused-ring (bicyclic) bond motifs is 1. The highest BCUT2D eigenvalue weighted by atomic mass is 35.5. The van der Waals surface area contributed by atoms with Crippen LogP contribution in [-0.2, 0) is 4.79 Å². The predicted octanol–water partition coefficient (Wildman–Crippen LogP) is 5.30. The van der Waals surface area contributed by atoms with Crippen molar-refractivity contribution in [3.05, 3.63) is 111 Å². The monoisotopic (exact) mass is 488 g/mol. The number of amidine groups is 1. The summed E-state index contributed by atoms with van der Waals surface area (Å²) >= 11 is 12.1. The molecule has 4 rings (SSSR count). The summed E-state index contributed by atoms with van der Waals surface area (Å²) in [5.41, 5.74) is 2.32. The van der Waals surface area contributed by atoms with Crippen LogP contribution in [-0.4, -0.2) is 17.6 Å². The third-order valence-corrected chi connectivity index (χ3v) is 5.84. The van der Waals surface area contributed by atoms with Crippen LogP contribution in [0.3, 0.4) is 0 Å². The first kappa shape index (κ1) is 23.2. The van der Waals surface area contributed by atoms with E-state index in [1.54, 1.807) is 30.3 Å². The number of nitrogens with one attached hydrogen (secondary N) is 2. The van der Waals surface area contributed by atoms with Crippen molar-refractivity contribution in [3.8, 4) is 6.07 Å². The van der Waals surface area contributed by atoms with E-state index in [0.29, 0.717) is 16.1 Å². The molecule has 0 fully saturated rings. The second kappa shape index (κ2) is 9.92. The van der Waals surface area contributed by atoms with Gasteiger partial charge >= 0.3 is 0 Å². The van der Waals surface area contributed by atoms with Crippen LogP contribution < -0.4 is 10.6 Å². The molecule has 1 atom stereocenters. The summed E-state index contributed by atoms with van der Waals surface area (Å²) in [6.07, 6.45) is 0. The van der Waals surface area contributed by atoms with Crippen molar-refractivity contribution in [2.75, 3.05) is 0 Å². The summed E-state index contributed by atoms with van der Waals surface area (Å²) in [4.78, 5) is 30.3. The number of amides is 2. The fraction of sp³-hybridized carbons (Fsp3) is 0.0769. The number of carbonyl (C=O) groups is 2. The van der Waals surface area contributed by atoms with Crippen molar-refractivity contribution >= 4 is 46.5 Å². The third kappa shape index (κ3) is 4.72. The maximum absolute atomic E-state index is 13.0. The molecule has 168 valence electrons. The number of aliphatic imine (C=N–C) groups is 1. The van der Waals surface area contributed by atoms with Crippen LogP contribution in [0.4, 0.5) is 0 Å². The Morgan fingerprint density at radius 3 is 2.32 bits per heavy atom. The van der Waals surface area contributed by atoms with Crippen molar-refractivity contribution in [1.29, 1.82) is 5.26 Å². The fourth-order valence-corrected chi connectivity index (χ4v) is 4.06. The maximum Gasteiger partial charge on any atom is 0.264 e. The van der Waals surface area contributed by atoms with Gasteiger partial charge in [0.1, 0.15) is 17.5 Å². The van der Waals surface area contributed by atoms with E-state index in [9.17, 15) is 14.9 Å². The van der Waals surface area contributed by atoms with Gasteiger partial charge in [0.2, 0.25) is 0 Å². The lowest BCUT2D eigenvalue weighted by molar-refractivity contribution is -0.117. The van der Waals surface area contributed by atoms with E-state index < -0.39 is 11.8 Å². The molecule has 0 aliphatic carbocycles. The van der Waals surface area contributed by atoms with E-state index in [1.165, 1.54) is 12.1 Å². The van der Waals surface area contributed by atoms with Gasteiger partial charge in [0.25, 0.3) is 11.8 Å². The van der Waals surface area contributed by atoms with Crippen LogP contribution in [0.5, 0.6) is 0 Å². The zero-order chi connectivity index (χ0) is 24.2. The molecule has 3 aromatic rings. The molecule has 0 saturated heterocycles. The molecule has 0 radical (unpaired) electrons. The zero-order valence-corrected chi connectivity index (χ0v) is 19.5. The molecule has 0 unspecified atom stereocenters. The molecular weight excluding hydrogens is 471 g/mol. The first-order valence-corrected chi connectivity index (χ1v) is 11.1. The highest BCUT2D eigenvalue weighted by Gasteiger charge is 2.28. The highest BCUT2D eigenvalue weighted by Crippen LogP contribution is 2.31. The first-order valence-electron chi connectivity index (χ1n) is 10.3. The second-order valence-corrected chi connectivity index (χ2v) is 8.37. The fourth-order valence-electron chi connectivity index (χ4n) is 3.57. The van der Waals surface area contributed by atoms with Crippen LogP contribution in [0.15, 0.2) is 83.4 Å². The summed E-state index contributed by atoms with van der Waals surface area (Å²) in [5, 5.41) is 16.0. The number of nitrogens with zero attached hydrogens (tertiary/aromatic N) is 2. The minimum Gasteiger partial charge on any atom is -0.345 e. The smallest absolute Gasteiger partial charge is 0.264 e. The number of benzene rings is 3. The Morgan fingerprint density at radius 1 is 0.971 bits per heavy atom. The molecule has 1 aliphatic heterocycles. The minimum absolute atomic E-state index is 0.149. The van der Waals surface area contributed by atoms with E-state index in [0.717, 1.165) is 5.56 Å². The molecule has 0 spiro atoms. The summed E-state index contributed by atoms with van der Waals surface area (Å²) in [5.74, 6) is -0.823. The SMILES string of the molecule is C[C@H](NC(=O)/C(C#N)=C1/N=C(NC(=O)c2ccc(Cl)cc2Cl)c2ccccc21)c1ccccc1. The number of carbonyl (C=O) groups excluding carboxylic acids is 2. The van der Waals surface area contributed by atoms with Crippen molar-refractivity contribution < 1.29 is 9.59 Å². The van der Waals surface area contributed by atoms with Crippen LogP contribution in [0, 0.1) is 11.3 Å². The molecule has 2 N–H and O–H groups in total. The Hall–Kier alpha value is -3.92. The molecule has 2 amide bonds. The van der Waals surface area contributed by atoms with Crippen LogP contribution in [0.25, 0.3) is 5.70 Å². The number of rotatable bonds is 4. The first-order chi connectivity index (χ1) is 16.4. The summed E-state index contributed by atoms with van der Waals surface area (Å²) in [6, 6.07) is 22.7. The molecule has 0 saturated carbocycles. The van der Waals surface area contributed by atoms with E-state index in [4.69, 9.17) is 23.2 Å². The third-order valence-electron chi connectivity index (χ3n) is 5.29. The van der Waals surface area contributed by atoms with Crippen LogP contribution >= 0.6 is 23.2 Å². The van der Waals surface area contributed by atoms with E-state index in [2.05, 4.69) is 15.6 Å². The molecular formula is C26H18Cl2N4O2. The lowest BCUT2D eigenvalue weighted by atomic mass is 10.0. The largest absolute Gasteiger partial charge is 0.345 e. The van der Waals surface area contributed by atoms with Gasteiger partial charge in [-0.3, -0.25) is 9.59 Å². The topological polar surface area (TPSA) is 94.3 Å². The lowest BCUT2D eigenvalue weighted by Gasteiger charge is -2.14. The van der Waals surface area contributed by atoms with Gasteiger partial charge in [-0.1, -0.05) is 77.8 Å². The number of nitriles is 1. The molecule has 34 heavy (non-hydrogen) atoms. The Bertz CT molecular complexity index is 1390. The van der Waals surface area contributed by atoms with E-state index in [-0.39, 0.29) is 33.7 Å². The Kier molecular flexibility index (Phi) is 6.78. The standard InChI is InChI=1S/C26H18Cl2N4O2/c1-15(16-7-3-2-4-8-16)30-26(34)21(14-29)23-18-9-5-6-10-19(18)24(31-23)32-25(33)20-12-11-17(27)13-22(20)28/h2-13,15H,1H3,(H,30,34)(H,31,32,33)/b23-21+/t15-/m0/s1. The summed E-state index contributed by atoms with van der Waals surface area (Å²) < 4.78 is 0. The van der Waals surface area contributed by atoms with Gasteiger partial charge in [0.15, 0.2) is 0 Å². The lowest BCUT2D eigenvalue weighted by Crippen LogP contribution is -2.30. The molecule has 8 heteroatoms. The quantitative estimate of drug-likeness (QED) is 0.385. The predicted molar refractivity (Wildman–Crippen MR) is 132 cm³/mol. The minimum atomic E-state index is -0.555.